The minimum Gasteiger partial charge on any atom is -0.395 e. The average Bonchev–Trinajstić information content (AvgIpc) is 2.10. The van der Waals surface area contributed by atoms with Crippen molar-refractivity contribution in [1.29, 1.82) is 0 Å². The summed E-state index contributed by atoms with van der Waals surface area (Å²) in [5.41, 5.74) is 2.55. The molecular formula is C5H10N2O2. The van der Waals surface area contributed by atoms with Gasteiger partial charge in [0.05, 0.1) is 12.5 Å². The molecule has 1 heterocycles. The van der Waals surface area contributed by atoms with Crippen LogP contribution in [0.1, 0.15) is 0 Å². The van der Waals surface area contributed by atoms with Gasteiger partial charge in [-0.05, 0) is 0 Å². The van der Waals surface area contributed by atoms with Crippen molar-refractivity contribution in [2.45, 2.75) is 0 Å². The summed E-state index contributed by atoms with van der Waals surface area (Å²) >= 11 is 0. The Balaban J connectivity index is 2.48. The molecule has 1 amide bonds. The molecule has 2 N–H and O–H groups in total. The molecule has 0 bridgehead atoms. The lowest BCUT2D eigenvalue weighted by atomic mass is 10.2. The summed E-state index contributed by atoms with van der Waals surface area (Å²) in [5.74, 6) is -0.310. The largest absolute Gasteiger partial charge is 0.395 e. The Labute approximate surface area is 53.4 Å². The van der Waals surface area contributed by atoms with E-state index in [2.05, 4.69) is 5.43 Å². The van der Waals surface area contributed by atoms with Gasteiger partial charge in [0.15, 0.2) is 0 Å². The fourth-order valence-electron chi connectivity index (χ4n) is 0.879. The van der Waals surface area contributed by atoms with Gasteiger partial charge in [-0.2, -0.15) is 0 Å². The molecule has 0 aliphatic carbocycles. The first kappa shape index (κ1) is 6.51. The first-order chi connectivity index (χ1) is 4.24. The third-order valence-electron chi connectivity index (χ3n) is 1.39. The zero-order chi connectivity index (χ0) is 6.85. The number of hydrazine groups is 1. The van der Waals surface area contributed by atoms with E-state index in [-0.39, 0.29) is 18.4 Å². The third-order valence-corrected chi connectivity index (χ3v) is 1.39. The Hall–Kier alpha value is -0.610. The van der Waals surface area contributed by atoms with Gasteiger partial charge >= 0.3 is 0 Å². The molecule has 1 rings (SSSR count). The summed E-state index contributed by atoms with van der Waals surface area (Å²) in [6, 6.07) is 0. The van der Waals surface area contributed by atoms with Crippen molar-refractivity contribution < 1.29 is 9.90 Å². The van der Waals surface area contributed by atoms with Crippen LogP contribution in [0.4, 0.5) is 0 Å². The van der Waals surface area contributed by atoms with Crippen LogP contribution in [0.2, 0.25) is 0 Å². The Morgan fingerprint density at radius 2 is 2.67 bits per heavy atom. The van der Waals surface area contributed by atoms with Crippen molar-refractivity contribution in [2.24, 2.45) is 5.92 Å². The van der Waals surface area contributed by atoms with E-state index in [4.69, 9.17) is 5.11 Å². The van der Waals surface area contributed by atoms with Crippen molar-refractivity contribution in [3.8, 4) is 0 Å². The Kier molecular flexibility index (Phi) is 1.68. The van der Waals surface area contributed by atoms with Gasteiger partial charge in [-0.1, -0.05) is 0 Å². The molecule has 52 valence electrons. The molecular weight excluding hydrogens is 120 g/mol. The summed E-state index contributed by atoms with van der Waals surface area (Å²) < 4.78 is 0. The number of carbonyl (C=O) groups excluding carboxylic acids is 1. The van der Waals surface area contributed by atoms with Crippen LogP contribution in [-0.4, -0.2) is 36.2 Å². The highest BCUT2D eigenvalue weighted by molar-refractivity contribution is 5.80. The summed E-state index contributed by atoms with van der Waals surface area (Å²) in [6.07, 6.45) is 0. The molecule has 0 aromatic heterocycles. The van der Waals surface area contributed by atoms with Gasteiger partial charge in [0.2, 0.25) is 5.91 Å². The monoisotopic (exact) mass is 130 g/mol. The molecule has 1 atom stereocenters. The van der Waals surface area contributed by atoms with E-state index in [1.54, 1.807) is 12.1 Å². The molecule has 4 nitrogen and oxygen atoms in total. The maximum atomic E-state index is 10.7. The quantitative estimate of drug-likeness (QED) is 0.457. The lowest BCUT2D eigenvalue weighted by molar-refractivity contribution is -0.124. The van der Waals surface area contributed by atoms with E-state index in [0.717, 1.165) is 0 Å². The molecule has 4 heteroatoms. The van der Waals surface area contributed by atoms with Crippen LogP contribution >= 0.6 is 0 Å². The Bertz CT molecular complexity index is 126. The molecule has 1 unspecified atom stereocenters. The first-order valence-corrected chi connectivity index (χ1v) is 2.86. The highest BCUT2D eigenvalue weighted by Gasteiger charge is 2.26. The minimum atomic E-state index is -0.227. The highest BCUT2D eigenvalue weighted by atomic mass is 16.3. The first-order valence-electron chi connectivity index (χ1n) is 2.86. The molecule has 1 aliphatic heterocycles. The van der Waals surface area contributed by atoms with Crippen LogP contribution in [0.5, 0.6) is 0 Å². The van der Waals surface area contributed by atoms with Crippen molar-refractivity contribution in [3.05, 3.63) is 0 Å². The molecule has 9 heavy (non-hydrogen) atoms. The normalized spacial score (nSPS) is 28.7. The van der Waals surface area contributed by atoms with Gasteiger partial charge in [-0.3, -0.25) is 10.2 Å². The van der Waals surface area contributed by atoms with Crippen LogP contribution in [0.3, 0.4) is 0 Å². The lowest BCUT2D eigenvalue weighted by Crippen LogP contribution is -2.29. The lowest BCUT2D eigenvalue weighted by Gasteiger charge is -2.03. The molecule has 1 saturated heterocycles. The summed E-state index contributed by atoms with van der Waals surface area (Å²) in [7, 11) is 1.77. The van der Waals surface area contributed by atoms with E-state index in [1.807, 2.05) is 0 Å². The van der Waals surface area contributed by atoms with Gasteiger partial charge in [0.25, 0.3) is 0 Å². The number of hydrogen-bond acceptors (Lipinski definition) is 3. The van der Waals surface area contributed by atoms with Crippen molar-refractivity contribution >= 4 is 5.91 Å². The maximum Gasteiger partial charge on any atom is 0.241 e. The predicted octanol–water partition coefficient (Wildman–Crippen LogP) is -1.43. The molecule has 1 fully saturated rings. The van der Waals surface area contributed by atoms with Crippen molar-refractivity contribution in [2.75, 3.05) is 20.2 Å². The number of aliphatic hydroxyl groups excluding tert-OH is 1. The van der Waals surface area contributed by atoms with Crippen molar-refractivity contribution in [3.63, 3.8) is 0 Å². The molecule has 0 spiro atoms. The molecule has 0 aromatic rings. The summed E-state index contributed by atoms with van der Waals surface area (Å²) in [5, 5.41) is 10.2. The fourth-order valence-corrected chi connectivity index (χ4v) is 0.879. The van der Waals surface area contributed by atoms with E-state index in [0.29, 0.717) is 6.54 Å². The molecule has 0 saturated carbocycles. The van der Waals surface area contributed by atoms with Gasteiger partial charge in [0, 0.05) is 13.6 Å². The van der Waals surface area contributed by atoms with Gasteiger partial charge in [-0.25, -0.2) is 5.01 Å². The van der Waals surface area contributed by atoms with Crippen LogP contribution in [0, 0.1) is 5.92 Å². The van der Waals surface area contributed by atoms with E-state index >= 15 is 0 Å². The smallest absolute Gasteiger partial charge is 0.241 e. The number of nitrogens with one attached hydrogen (secondary N) is 1. The second kappa shape index (κ2) is 2.33. The third kappa shape index (κ3) is 1.20. The number of hydrogen-bond donors (Lipinski definition) is 2. The zero-order valence-corrected chi connectivity index (χ0v) is 5.29. The van der Waals surface area contributed by atoms with Gasteiger partial charge in [0.1, 0.15) is 0 Å². The van der Waals surface area contributed by atoms with Gasteiger partial charge in [-0.15, -0.1) is 0 Å². The summed E-state index contributed by atoms with van der Waals surface area (Å²) in [6.45, 7) is 0.547. The fraction of sp³-hybridized carbons (Fsp3) is 0.800. The number of nitrogens with zero attached hydrogens (tertiary/aromatic N) is 1. The molecule has 0 radical (unpaired) electrons. The minimum absolute atomic E-state index is 0.0594. The van der Waals surface area contributed by atoms with Crippen LogP contribution in [0.25, 0.3) is 0 Å². The van der Waals surface area contributed by atoms with Crippen LogP contribution in [-0.2, 0) is 4.79 Å². The van der Waals surface area contributed by atoms with Crippen molar-refractivity contribution in [1.82, 2.24) is 10.4 Å². The predicted molar refractivity (Wildman–Crippen MR) is 31.3 cm³/mol. The molecule has 1 aliphatic rings. The number of rotatable bonds is 1. The van der Waals surface area contributed by atoms with E-state index in [9.17, 15) is 4.79 Å². The number of amides is 1. The number of carbonyl (C=O) groups is 1. The second-order valence-electron chi connectivity index (χ2n) is 2.24. The zero-order valence-electron chi connectivity index (χ0n) is 5.29. The topological polar surface area (TPSA) is 52.6 Å². The second-order valence-corrected chi connectivity index (χ2v) is 2.24. The molecule has 0 aromatic carbocycles. The van der Waals surface area contributed by atoms with Crippen LogP contribution in [0.15, 0.2) is 0 Å². The average molecular weight is 130 g/mol. The maximum absolute atomic E-state index is 10.7. The Morgan fingerprint density at radius 3 is 2.89 bits per heavy atom. The standard InChI is InChI=1S/C5H10N2O2/c1-7-2-4(3-8)5(9)6-7/h4,8H,2-3H2,1H3,(H,6,9). The SMILES string of the molecule is CN1CC(CO)C(=O)N1. The van der Waals surface area contributed by atoms with E-state index in [1.165, 1.54) is 0 Å². The summed E-state index contributed by atoms with van der Waals surface area (Å²) in [4.78, 5) is 10.7. The number of aliphatic hydroxyl groups is 1. The highest BCUT2D eigenvalue weighted by Crippen LogP contribution is 2.03. The van der Waals surface area contributed by atoms with E-state index < -0.39 is 0 Å². The van der Waals surface area contributed by atoms with Gasteiger partial charge < -0.3 is 5.11 Å². The van der Waals surface area contributed by atoms with Crippen LogP contribution < -0.4 is 5.43 Å². The Morgan fingerprint density at radius 1 is 2.00 bits per heavy atom.